The molecule has 0 fully saturated rings. The predicted molar refractivity (Wildman–Crippen MR) is 207 cm³/mol. The largest absolute Gasteiger partial charge is 0.494 e. The van der Waals surface area contributed by atoms with Crippen LogP contribution < -0.4 is 4.74 Å². The van der Waals surface area contributed by atoms with Crippen LogP contribution in [0.1, 0.15) is 16.7 Å². The lowest BCUT2D eigenvalue weighted by molar-refractivity contribution is 0.282. The molecule has 0 saturated heterocycles. The molecule has 244 valence electrons. The Morgan fingerprint density at radius 1 is 0.480 bits per heavy atom. The zero-order valence-electron chi connectivity index (χ0n) is 28.5. The first-order valence-electron chi connectivity index (χ1n) is 16.8. The van der Waals surface area contributed by atoms with Crippen molar-refractivity contribution in [3.8, 4) is 50.5 Å². The monoisotopic (exact) mass is 650 g/mol. The first-order valence-corrected chi connectivity index (χ1v) is 16.8. The normalized spacial score (nSPS) is 10.9. The molecule has 1 N–H and O–H groups in total. The number of methoxy groups -OCH3 is 1. The molecule has 4 heteroatoms. The van der Waals surface area contributed by atoms with Crippen molar-refractivity contribution in [2.24, 2.45) is 0 Å². The molecule has 0 aliphatic rings. The summed E-state index contributed by atoms with van der Waals surface area (Å²) >= 11 is 0. The Bertz CT molecular complexity index is 2250. The Labute approximate surface area is 293 Å². The van der Waals surface area contributed by atoms with Crippen LogP contribution in [-0.2, 0) is 6.61 Å². The van der Waals surface area contributed by atoms with Gasteiger partial charge in [-0.2, -0.15) is 0 Å². The van der Waals surface area contributed by atoms with Crippen molar-refractivity contribution in [2.45, 2.75) is 20.5 Å². The van der Waals surface area contributed by atoms with Gasteiger partial charge in [0.1, 0.15) is 11.4 Å². The van der Waals surface area contributed by atoms with E-state index in [0.717, 1.165) is 77.9 Å². The molecule has 0 radical (unpaired) electrons. The standard InChI is InChI=1S/2C23H19NO/c1-16-9-8-12-18-15-21(25-2)23(24-22(16)18)20-14-7-6-13-19(20)17-10-4-3-5-11-17;1-16-8-7-11-18-14-19(15-25)23(24-22(16)18)21-13-6-5-12-20(21)17-9-3-2-4-10-17/h3-15H,1-2H3;2-14,25H,15H2,1H3. The van der Waals surface area contributed by atoms with Gasteiger partial charge in [-0.15, -0.1) is 0 Å². The van der Waals surface area contributed by atoms with Crippen LogP contribution in [0, 0.1) is 13.8 Å². The summed E-state index contributed by atoms with van der Waals surface area (Å²) in [6.45, 7) is 4.13. The van der Waals surface area contributed by atoms with E-state index < -0.39 is 0 Å². The number of aliphatic hydroxyl groups excluding tert-OH is 1. The number of pyridine rings is 2. The van der Waals surface area contributed by atoms with Gasteiger partial charge in [0.15, 0.2) is 0 Å². The third-order valence-corrected chi connectivity index (χ3v) is 9.06. The highest BCUT2D eigenvalue weighted by Gasteiger charge is 2.16. The number of hydrogen-bond acceptors (Lipinski definition) is 4. The maximum absolute atomic E-state index is 9.93. The summed E-state index contributed by atoms with van der Waals surface area (Å²) in [6, 6.07) is 53.8. The van der Waals surface area contributed by atoms with E-state index in [1.54, 1.807) is 7.11 Å². The Balaban J connectivity index is 0.000000157. The average molecular weight is 651 g/mol. The predicted octanol–water partition coefficient (Wildman–Crippen LogP) is 11.3. The Hall–Kier alpha value is -6.10. The van der Waals surface area contributed by atoms with Gasteiger partial charge in [0.05, 0.1) is 30.4 Å². The number of fused-ring (bicyclic) bond motifs is 2. The number of benzene rings is 6. The number of aromatic nitrogens is 2. The van der Waals surface area contributed by atoms with Gasteiger partial charge in [-0.25, -0.2) is 9.97 Å². The van der Waals surface area contributed by atoms with Crippen LogP contribution in [0.3, 0.4) is 0 Å². The average Bonchev–Trinajstić information content (AvgIpc) is 3.18. The molecule has 8 aromatic rings. The topological polar surface area (TPSA) is 55.2 Å². The zero-order chi connectivity index (χ0) is 34.5. The molecule has 0 spiro atoms. The van der Waals surface area contributed by atoms with E-state index in [-0.39, 0.29) is 6.61 Å². The molecule has 0 unspecified atom stereocenters. The molecule has 50 heavy (non-hydrogen) atoms. The number of hydrogen-bond donors (Lipinski definition) is 1. The van der Waals surface area contributed by atoms with Crippen LogP contribution in [0.2, 0.25) is 0 Å². The Morgan fingerprint density at radius 3 is 1.42 bits per heavy atom. The highest BCUT2D eigenvalue weighted by molar-refractivity contribution is 5.92. The third kappa shape index (κ3) is 6.49. The van der Waals surface area contributed by atoms with E-state index in [1.165, 1.54) is 11.1 Å². The summed E-state index contributed by atoms with van der Waals surface area (Å²) in [5.74, 6) is 0.793. The zero-order valence-corrected chi connectivity index (χ0v) is 28.5. The van der Waals surface area contributed by atoms with Crippen molar-refractivity contribution in [3.05, 3.63) is 174 Å². The van der Waals surface area contributed by atoms with Gasteiger partial charge in [0.25, 0.3) is 0 Å². The molecule has 2 aromatic heterocycles. The molecule has 0 amide bonds. The van der Waals surface area contributed by atoms with Gasteiger partial charge in [-0.1, -0.05) is 146 Å². The van der Waals surface area contributed by atoms with E-state index >= 15 is 0 Å². The van der Waals surface area contributed by atoms with Crippen LogP contribution in [-0.4, -0.2) is 22.2 Å². The van der Waals surface area contributed by atoms with Gasteiger partial charge < -0.3 is 9.84 Å². The first kappa shape index (κ1) is 32.4. The molecule has 0 atom stereocenters. The molecule has 2 heterocycles. The van der Waals surface area contributed by atoms with Crippen molar-refractivity contribution in [1.82, 2.24) is 9.97 Å². The second kappa shape index (κ2) is 14.6. The molecular weight excluding hydrogens is 613 g/mol. The summed E-state index contributed by atoms with van der Waals surface area (Å²) in [5, 5.41) is 12.1. The first-order chi connectivity index (χ1) is 24.6. The second-order valence-corrected chi connectivity index (χ2v) is 12.3. The number of ether oxygens (including phenoxy) is 1. The van der Waals surface area contributed by atoms with E-state index in [2.05, 4.69) is 111 Å². The smallest absolute Gasteiger partial charge is 0.145 e. The van der Waals surface area contributed by atoms with Crippen molar-refractivity contribution >= 4 is 21.8 Å². The summed E-state index contributed by atoms with van der Waals surface area (Å²) < 4.78 is 5.68. The fourth-order valence-electron chi connectivity index (χ4n) is 6.54. The van der Waals surface area contributed by atoms with Gasteiger partial charge in [-0.3, -0.25) is 0 Å². The van der Waals surface area contributed by atoms with Gasteiger partial charge >= 0.3 is 0 Å². The lowest BCUT2D eigenvalue weighted by atomic mass is 9.94. The number of aryl methyl sites for hydroxylation is 2. The number of para-hydroxylation sites is 2. The van der Waals surface area contributed by atoms with Gasteiger partial charge in [0.2, 0.25) is 0 Å². The lowest BCUT2D eigenvalue weighted by Gasteiger charge is -2.14. The quantitative estimate of drug-likeness (QED) is 0.195. The van der Waals surface area contributed by atoms with Crippen LogP contribution in [0.25, 0.3) is 66.6 Å². The highest BCUT2D eigenvalue weighted by atomic mass is 16.5. The minimum absolute atomic E-state index is 0.0324. The van der Waals surface area contributed by atoms with Crippen LogP contribution in [0.4, 0.5) is 0 Å². The molecule has 0 bridgehead atoms. The molecule has 6 aromatic carbocycles. The fraction of sp³-hybridized carbons (Fsp3) is 0.0870. The minimum atomic E-state index is -0.0324. The number of aliphatic hydroxyl groups is 1. The van der Waals surface area contributed by atoms with Crippen LogP contribution >= 0.6 is 0 Å². The molecule has 4 nitrogen and oxygen atoms in total. The summed E-state index contributed by atoms with van der Waals surface area (Å²) in [4.78, 5) is 9.92. The molecule has 0 aliphatic carbocycles. The fourth-order valence-corrected chi connectivity index (χ4v) is 6.54. The summed E-state index contributed by atoms with van der Waals surface area (Å²) in [5.41, 5.74) is 13.6. The molecule has 0 aliphatic heterocycles. The summed E-state index contributed by atoms with van der Waals surface area (Å²) in [6.07, 6.45) is 0. The maximum Gasteiger partial charge on any atom is 0.145 e. The molecular formula is C46H38N2O2. The van der Waals surface area contributed by atoms with Crippen molar-refractivity contribution < 1.29 is 9.84 Å². The lowest BCUT2D eigenvalue weighted by Crippen LogP contribution is -1.97. The van der Waals surface area contributed by atoms with Gasteiger partial charge in [-0.05, 0) is 59.4 Å². The third-order valence-electron chi connectivity index (χ3n) is 9.06. The molecule has 0 saturated carbocycles. The van der Waals surface area contributed by atoms with Crippen molar-refractivity contribution in [1.29, 1.82) is 0 Å². The van der Waals surface area contributed by atoms with Crippen LogP contribution in [0.15, 0.2) is 158 Å². The van der Waals surface area contributed by atoms with E-state index in [9.17, 15) is 5.11 Å². The number of nitrogens with zero attached hydrogens (tertiary/aromatic N) is 2. The highest BCUT2D eigenvalue weighted by Crippen LogP contribution is 2.38. The van der Waals surface area contributed by atoms with Gasteiger partial charge in [0, 0.05) is 27.5 Å². The second-order valence-electron chi connectivity index (χ2n) is 12.3. The molecule has 8 rings (SSSR count). The SMILES string of the molecule is COc1cc2cccc(C)c2nc1-c1ccccc1-c1ccccc1.Cc1cccc2cc(CO)c(-c3ccccc3-c3ccccc3)nc12. The Kier molecular flexibility index (Phi) is 9.45. The van der Waals surface area contributed by atoms with E-state index in [1.807, 2.05) is 60.7 Å². The maximum atomic E-state index is 9.93. The van der Waals surface area contributed by atoms with Crippen molar-refractivity contribution in [2.75, 3.05) is 7.11 Å². The number of rotatable bonds is 6. The van der Waals surface area contributed by atoms with Crippen molar-refractivity contribution in [3.63, 3.8) is 0 Å². The van der Waals surface area contributed by atoms with E-state index in [0.29, 0.717) is 0 Å². The summed E-state index contributed by atoms with van der Waals surface area (Å²) in [7, 11) is 1.70. The van der Waals surface area contributed by atoms with E-state index in [4.69, 9.17) is 14.7 Å². The Morgan fingerprint density at radius 2 is 0.920 bits per heavy atom. The van der Waals surface area contributed by atoms with Crippen LogP contribution in [0.5, 0.6) is 5.75 Å². The minimum Gasteiger partial charge on any atom is -0.494 e.